The Hall–Kier alpha value is -0.248. The third kappa shape index (κ3) is 3.43. The first kappa shape index (κ1) is 11.8. The average molecular weight is 178 g/mol. The molecule has 0 bridgehead atoms. The van der Waals surface area contributed by atoms with Crippen LogP contribution in [0.2, 0.25) is 0 Å². The lowest BCUT2D eigenvalue weighted by Crippen LogP contribution is -1.95. The van der Waals surface area contributed by atoms with Crippen molar-refractivity contribution in [1.29, 1.82) is 0 Å². The zero-order valence-corrected chi connectivity index (χ0v) is 7.59. The molecule has 0 saturated carbocycles. The molecule has 0 unspecified atom stereocenters. The fourth-order valence-corrected chi connectivity index (χ4v) is 1.28. The van der Waals surface area contributed by atoms with Gasteiger partial charge in [0.2, 0.25) is 0 Å². The summed E-state index contributed by atoms with van der Waals surface area (Å²) in [5.41, 5.74) is 2.91. The first-order valence-electron chi connectivity index (χ1n) is 4.24. The normalized spacial score (nSPS) is 9.67. The van der Waals surface area contributed by atoms with Crippen LogP contribution in [0.3, 0.4) is 0 Å². The van der Waals surface area contributed by atoms with Crippen molar-refractivity contribution in [2.45, 2.75) is 27.2 Å². The molecule has 66 valence electrons. The fraction of sp³-hybridized carbons (Fsp3) is 0.455. The van der Waals surface area contributed by atoms with Crippen LogP contribution in [0.5, 0.6) is 0 Å². The van der Waals surface area contributed by atoms with E-state index < -0.39 is 0 Å². The lowest BCUT2D eigenvalue weighted by molar-refractivity contribution is 0.645. The van der Waals surface area contributed by atoms with Crippen LogP contribution >= 0.6 is 0 Å². The van der Waals surface area contributed by atoms with Crippen molar-refractivity contribution >= 4 is 17.4 Å². The molecule has 0 radical (unpaired) electrons. The lowest BCUT2D eigenvalue weighted by atomic mass is 9.99. The van der Waals surface area contributed by atoms with Crippen molar-refractivity contribution in [1.82, 2.24) is 0 Å². The maximum absolute atomic E-state index is 2.26. The summed E-state index contributed by atoms with van der Waals surface area (Å²) in [5.74, 6) is 0.760. The van der Waals surface area contributed by atoms with Crippen molar-refractivity contribution in [3.8, 4) is 0 Å². The van der Waals surface area contributed by atoms with E-state index in [2.05, 4.69) is 45.0 Å². The highest BCUT2D eigenvalue weighted by atomic mass is 27.0. The van der Waals surface area contributed by atoms with Gasteiger partial charge in [-0.15, -0.1) is 0 Å². The third-order valence-electron chi connectivity index (χ3n) is 1.89. The van der Waals surface area contributed by atoms with Crippen molar-refractivity contribution in [2.75, 3.05) is 0 Å². The van der Waals surface area contributed by atoms with E-state index in [4.69, 9.17) is 0 Å². The Morgan fingerprint density at radius 2 is 1.75 bits per heavy atom. The number of hydrogen-bond acceptors (Lipinski definition) is 0. The molecule has 1 rings (SSSR count). The van der Waals surface area contributed by atoms with Crippen LogP contribution in [-0.2, 0) is 6.42 Å². The van der Waals surface area contributed by atoms with Crippen molar-refractivity contribution in [3.05, 3.63) is 35.4 Å². The molecule has 0 spiro atoms. The second-order valence-corrected chi connectivity index (χ2v) is 3.52. The number of hydrogen-bond donors (Lipinski definition) is 0. The molecule has 0 nitrogen and oxygen atoms in total. The molecule has 0 aromatic heterocycles. The van der Waals surface area contributed by atoms with E-state index in [9.17, 15) is 0 Å². The molecule has 12 heavy (non-hydrogen) atoms. The maximum atomic E-state index is 2.26. The van der Waals surface area contributed by atoms with E-state index >= 15 is 0 Å². The SMILES string of the molecule is Cc1ccccc1CC(C)C.[AlH3]. The van der Waals surface area contributed by atoms with Crippen LogP contribution in [0.25, 0.3) is 0 Å². The summed E-state index contributed by atoms with van der Waals surface area (Å²) in [4.78, 5) is 0. The monoisotopic (exact) mass is 178 g/mol. The van der Waals surface area contributed by atoms with Crippen molar-refractivity contribution in [3.63, 3.8) is 0 Å². The molecular weight excluding hydrogens is 159 g/mol. The zero-order valence-electron chi connectivity index (χ0n) is 7.59. The number of aryl methyl sites for hydroxylation is 1. The van der Waals surface area contributed by atoms with Gasteiger partial charge in [-0.1, -0.05) is 38.1 Å². The first-order valence-corrected chi connectivity index (χ1v) is 4.24. The minimum Gasteiger partial charge on any atom is -0.0625 e. The topological polar surface area (TPSA) is 0 Å². The molecule has 1 aromatic rings. The Labute approximate surface area is 86.1 Å². The van der Waals surface area contributed by atoms with Crippen LogP contribution in [0.15, 0.2) is 24.3 Å². The quantitative estimate of drug-likeness (QED) is 0.608. The van der Waals surface area contributed by atoms with Gasteiger partial charge in [-0.05, 0) is 30.4 Å². The summed E-state index contributed by atoms with van der Waals surface area (Å²) in [7, 11) is 0. The minimum atomic E-state index is 0. The molecule has 0 aliphatic heterocycles. The van der Waals surface area contributed by atoms with E-state index in [0.717, 1.165) is 5.92 Å². The standard InChI is InChI=1S/C11H16.Al.3H/c1-9(2)8-11-7-5-4-6-10(11)3;;;;/h4-7,9H,8H2,1-3H3;;;;. The minimum absolute atomic E-state index is 0. The van der Waals surface area contributed by atoms with Gasteiger partial charge in [-0.2, -0.15) is 0 Å². The molecule has 1 heteroatoms. The number of rotatable bonds is 2. The third-order valence-corrected chi connectivity index (χ3v) is 1.89. The predicted molar refractivity (Wildman–Crippen MR) is 59.7 cm³/mol. The summed E-state index contributed by atoms with van der Waals surface area (Å²) in [5, 5.41) is 0. The van der Waals surface area contributed by atoms with Crippen LogP contribution in [0.1, 0.15) is 25.0 Å². The van der Waals surface area contributed by atoms with Gasteiger partial charge in [0, 0.05) is 0 Å². The Balaban J connectivity index is 0.00000121. The second-order valence-electron chi connectivity index (χ2n) is 3.52. The van der Waals surface area contributed by atoms with Gasteiger partial charge in [0.15, 0.2) is 17.4 Å². The smallest absolute Gasteiger partial charge is 0.0625 e. The van der Waals surface area contributed by atoms with Crippen molar-refractivity contribution < 1.29 is 0 Å². The van der Waals surface area contributed by atoms with Crippen LogP contribution < -0.4 is 0 Å². The molecule has 0 heterocycles. The molecule has 0 aliphatic carbocycles. The molecule has 0 N–H and O–H groups in total. The van der Waals surface area contributed by atoms with E-state index in [1.54, 1.807) is 0 Å². The second kappa shape index (κ2) is 5.41. The summed E-state index contributed by atoms with van der Waals surface area (Å²) >= 11 is 0. The Bertz CT molecular complexity index is 228. The highest BCUT2D eigenvalue weighted by molar-refractivity contribution is 5.75. The molecular formula is C11H19Al. The Kier molecular flexibility index (Phi) is 5.30. The summed E-state index contributed by atoms with van der Waals surface area (Å²) in [6.45, 7) is 6.69. The molecule has 0 fully saturated rings. The summed E-state index contributed by atoms with van der Waals surface area (Å²) < 4.78 is 0. The van der Waals surface area contributed by atoms with Crippen LogP contribution in [0, 0.1) is 12.8 Å². The van der Waals surface area contributed by atoms with Gasteiger partial charge in [0.1, 0.15) is 0 Å². The lowest BCUT2D eigenvalue weighted by Gasteiger charge is -2.07. The fourth-order valence-electron chi connectivity index (χ4n) is 1.28. The summed E-state index contributed by atoms with van der Waals surface area (Å²) in [6.07, 6.45) is 1.20. The Morgan fingerprint density at radius 3 is 2.25 bits per heavy atom. The number of benzene rings is 1. The predicted octanol–water partition coefficient (Wildman–Crippen LogP) is 2.01. The maximum Gasteiger partial charge on any atom is 0.187 e. The van der Waals surface area contributed by atoms with E-state index in [-0.39, 0.29) is 17.4 Å². The molecule has 0 saturated heterocycles. The van der Waals surface area contributed by atoms with E-state index in [1.807, 2.05) is 0 Å². The van der Waals surface area contributed by atoms with Crippen LogP contribution in [-0.4, -0.2) is 17.4 Å². The van der Waals surface area contributed by atoms with Crippen LogP contribution in [0.4, 0.5) is 0 Å². The van der Waals surface area contributed by atoms with Gasteiger partial charge >= 0.3 is 0 Å². The Morgan fingerprint density at radius 1 is 1.17 bits per heavy atom. The highest BCUT2D eigenvalue weighted by Crippen LogP contribution is 2.11. The summed E-state index contributed by atoms with van der Waals surface area (Å²) in [6, 6.07) is 8.61. The van der Waals surface area contributed by atoms with Gasteiger partial charge in [-0.25, -0.2) is 0 Å². The molecule has 0 aliphatic rings. The van der Waals surface area contributed by atoms with Gasteiger partial charge in [0.25, 0.3) is 0 Å². The van der Waals surface area contributed by atoms with E-state index in [0.29, 0.717) is 0 Å². The van der Waals surface area contributed by atoms with Gasteiger partial charge < -0.3 is 0 Å². The average Bonchev–Trinajstić information content (AvgIpc) is 1.93. The zero-order chi connectivity index (χ0) is 8.27. The largest absolute Gasteiger partial charge is 0.187 e. The first-order chi connectivity index (χ1) is 5.20. The van der Waals surface area contributed by atoms with Gasteiger partial charge in [-0.3, -0.25) is 0 Å². The highest BCUT2D eigenvalue weighted by Gasteiger charge is 1.98. The molecule has 1 aromatic carbocycles. The van der Waals surface area contributed by atoms with Crippen molar-refractivity contribution in [2.24, 2.45) is 5.92 Å². The van der Waals surface area contributed by atoms with Gasteiger partial charge in [0.05, 0.1) is 0 Å². The molecule has 0 amide bonds. The van der Waals surface area contributed by atoms with E-state index in [1.165, 1.54) is 17.5 Å². The molecule has 0 atom stereocenters.